The van der Waals surface area contributed by atoms with Gasteiger partial charge in [0.1, 0.15) is 0 Å². The van der Waals surface area contributed by atoms with Crippen molar-refractivity contribution in [1.29, 1.82) is 0 Å². The van der Waals surface area contributed by atoms with Gasteiger partial charge in [-0.25, -0.2) is 0 Å². The summed E-state index contributed by atoms with van der Waals surface area (Å²) in [6, 6.07) is 8.93. The molecule has 6 nitrogen and oxygen atoms in total. The number of ether oxygens (including phenoxy) is 1. The highest BCUT2D eigenvalue weighted by molar-refractivity contribution is 5.76. The molecular weight excluding hydrogens is 306 g/mol. The Morgan fingerprint density at radius 3 is 2.58 bits per heavy atom. The highest BCUT2D eigenvalue weighted by atomic mass is 16.5. The van der Waals surface area contributed by atoms with Crippen molar-refractivity contribution in [2.75, 3.05) is 19.7 Å². The van der Waals surface area contributed by atoms with Crippen molar-refractivity contribution in [2.45, 2.75) is 18.9 Å². The maximum Gasteiger partial charge on any atom is 0.308 e. The average Bonchev–Trinajstić information content (AvgIpc) is 2.58. The summed E-state index contributed by atoms with van der Waals surface area (Å²) in [5, 5.41) is 2.57. The molecule has 1 rings (SSSR count). The van der Waals surface area contributed by atoms with Gasteiger partial charge in [0.2, 0.25) is 5.91 Å². The molecule has 6 heteroatoms. The molecule has 0 saturated carbocycles. The molecule has 24 heavy (non-hydrogen) atoms. The molecule has 5 N–H and O–H groups in total. The van der Waals surface area contributed by atoms with Crippen LogP contribution in [0.5, 0.6) is 0 Å². The van der Waals surface area contributed by atoms with Gasteiger partial charge in [-0.3, -0.25) is 9.59 Å². The topological polar surface area (TPSA) is 107 Å². The third-order valence-corrected chi connectivity index (χ3v) is 2.90. The summed E-state index contributed by atoms with van der Waals surface area (Å²) in [6.07, 6.45) is 0.360. The van der Waals surface area contributed by atoms with Gasteiger partial charge in [-0.2, -0.15) is 0 Å². The van der Waals surface area contributed by atoms with Gasteiger partial charge >= 0.3 is 5.97 Å². The minimum Gasteiger partial charge on any atom is -0.452 e. The lowest BCUT2D eigenvalue weighted by Gasteiger charge is -2.10. The number of rotatable bonds is 7. The van der Waals surface area contributed by atoms with Gasteiger partial charge in [0, 0.05) is 19.0 Å². The minimum absolute atomic E-state index is 0.0471. The van der Waals surface area contributed by atoms with Crippen molar-refractivity contribution in [3.63, 3.8) is 0 Å². The number of nitrogens with two attached hydrogens (primary N) is 2. The number of nitrogens with one attached hydrogen (secondary N) is 1. The van der Waals surface area contributed by atoms with Gasteiger partial charge in [-0.15, -0.1) is 0 Å². The fraction of sp³-hybridized carbons (Fsp3) is 0.333. The van der Waals surface area contributed by atoms with E-state index in [1.165, 1.54) is 0 Å². The first-order valence-electron chi connectivity index (χ1n) is 7.52. The van der Waals surface area contributed by atoms with Crippen molar-refractivity contribution in [1.82, 2.24) is 5.32 Å². The number of esters is 1. The van der Waals surface area contributed by atoms with E-state index in [2.05, 4.69) is 29.0 Å². The van der Waals surface area contributed by atoms with Crippen LogP contribution < -0.4 is 16.8 Å². The summed E-state index contributed by atoms with van der Waals surface area (Å²) in [5.41, 5.74) is 12.0. The SMILES string of the molecule is NCCC(=O)NCC#CC#CCOC(=O)CC(N)c1ccccc1. The molecule has 0 radical (unpaired) electrons. The second kappa shape index (κ2) is 11.7. The Kier molecular flexibility index (Phi) is 9.40. The van der Waals surface area contributed by atoms with E-state index in [1.807, 2.05) is 30.3 Å². The minimum atomic E-state index is -0.414. The Bertz CT molecular complexity index is 651. The van der Waals surface area contributed by atoms with Crippen LogP contribution in [0.25, 0.3) is 0 Å². The van der Waals surface area contributed by atoms with E-state index >= 15 is 0 Å². The van der Waals surface area contributed by atoms with E-state index in [1.54, 1.807) is 0 Å². The van der Waals surface area contributed by atoms with Crippen LogP contribution in [0.15, 0.2) is 30.3 Å². The number of benzene rings is 1. The Labute approximate surface area is 141 Å². The van der Waals surface area contributed by atoms with E-state index in [4.69, 9.17) is 16.2 Å². The van der Waals surface area contributed by atoms with Crippen molar-refractivity contribution in [2.24, 2.45) is 11.5 Å². The lowest BCUT2D eigenvalue weighted by molar-refractivity contribution is -0.142. The largest absolute Gasteiger partial charge is 0.452 e. The van der Waals surface area contributed by atoms with E-state index in [0.29, 0.717) is 6.54 Å². The number of amides is 1. The molecule has 0 aliphatic carbocycles. The second-order valence-corrected chi connectivity index (χ2v) is 4.80. The zero-order valence-electron chi connectivity index (χ0n) is 13.4. The monoisotopic (exact) mass is 327 g/mol. The first kappa shape index (κ1) is 19.2. The smallest absolute Gasteiger partial charge is 0.308 e. The van der Waals surface area contributed by atoms with Gasteiger partial charge in [0.15, 0.2) is 6.61 Å². The summed E-state index contributed by atoms with van der Waals surface area (Å²) >= 11 is 0. The van der Waals surface area contributed by atoms with Crippen LogP contribution in [0.1, 0.15) is 24.4 Å². The first-order valence-corrected chi connectivity index (χ1v) is 7.52. The molecule has 0 spiro atoms. The van der Waals surface area contributed by atoms with Crippen LogP contribution in [0.2, 0.25) is 0 Å². The van der Waals surface area contributed by atoms with E-state index in [9.17, 15) is 9.59 Å². The molecule has 126 valence electrons. The number of carbonyl (C=O) groups is 2. The van der Waals surface area contributed by atoms with Crippen LogP contribution in [-0.2, 0) is 14.3 Å². The zero-order chi connectivity index (χ0) is 17.6. The molecule has 0 saturated heterocycles. The molecule has 1 amide bonds. The Morgan fingerprint density at radius 1 is 1.17 bits per heavy atom. The summed E-state index contributed by atoms with van der Waals surface area (Å²) in [5.74, 6) is 9.78. The van der Waals surface area contributed by atoms with E-state index in [-0.39, 0.29) is 31.9 Å². The molecule has 0 bridgehead atoms. The molecule has 0 aliphatic heterocycles. The molecule has 1 unspecified atom stereocenters. The normalized spacial score (nSPS) is 10.4. The zero-order valence-corrected chi connectivity index (χ0v) is 13.4. The van der Waals surface area contributed by atoms with E-state index < -0.39 is 12.0 Å². The van der Waals surface area contributed by atoms with Crippen molar-refractivity contribution in [3.05, 3.63) is 35.9 Å². The Balaban J connectivity index is 2.21. The number of hydrogen-bond acceptors (Lipinski definition) is 5. The van der Waals surface area contributed by atoms with Crippen LogP contribution in [0.4, 0.5) is 0 Å². The third-order valence-electron chi connectivity index (χ3n) is 2.90. The summed E-state index contributed by atoms with van der Waals surface area (Å²) in [4.78, 5) is 22.7. The lowest BCUT2D eigenvalue weighted by atomic mass is 10.1. The summed E-state index contributed by atoms with van der Waals surface area (Å²) in [6.45, 7) is 0.464. The fourth-order valence-corrected chi connectivity index (χ4v) is 1.70. The van der Waals surface area contributed by atoms with Crippen LogP contribution >= 0.6 is 0 Å². The van der Waals surface area contributed by atoms with Gasteiger partial charge in [0.25, 0.3) is 0 Å². The number of hydrogen-bond donors (Lipinski definition) is 3. The van der Waals surface area contributed by atoms with Crippen LogP contribution in [-0.4, -0.2) is 31.6 Å². The molecular formula is C18H21N3O3. The highest BCUT2D eigenvalue weighted by Crippen LogP contribution is 2.13. The van der Waals surface area contributed by atoms with Crippen molar-refractivity contribution in [3.8, 4) is 23.7 Å². The maximum absolute atomic E-state index is 11.6. The van der Waals surface area contributed by atoms with Crippen LogP contribution in [0.3, 0.4) is 0 Å². The molecule has 0 heterocycles. The van der Waals surface area contributed by atoms with Gasteiger partial charge in [-0.05, 0) is 23.3 Å². The average molecular weight is 327 g/mol. The highest BCUT2D eigenvalue weighted by Gasteiger charge is 2.11. The lowest BCUT2D eigenvalue weighted by Crippen LogP contribution is -2.25. The van der Waals surface area contributed by atoms with Crippen molar-refractivity contribution >= 4 is 11.9 Å². The first-order chi connectivity index (χ1) is 11.6. The Morgan fingerprint density at radius 2 is 1.88 bits per heavy atom. The third kappa shape index (κ3) is 8.60. The Hall–Kier alpha value is -2.80. The maximum atomic E-state index is 11.6. The van der Waals surface area contributed by atoms with Gasteiger partial charge in [-0.1, -0.05) is 36.3 Å². The molecule has 0 fully saturated rings. The molecule has 1 atom stereocenters. The molecule has 1 aromatic carbocycles. The molecule has 0 aliphatic rings. The molecule has 1 aromatic rings. The van der Waals surface area contributed by atoms with Crippen LogP contribution in [0, 0.1) is 23.7 Å². The second-order valence-electron chi connectivity index (χ2n) is 4.80. The fourth-order valence-electron chi connectivity index (χ4n) is 1.70. The predicted molar refractivity (Wildman–Crippen MR) is 91.2 cm³/mol. The van der Waals surface area contributed by atoms with Gasteiger partial charge in [0.05, 0.1) is 13.0 Å². The predicted octanol–water partition coefficient (Wildman–Crippen LogP) is 0.0915. The van der Waals surface area contributed by atoms with Crippen molar-refractivity contribution < 1.29 is 14.3 Å². The summed E-state index contributed by atoms with van der Waals surface area (Å²) in [7, 11) is 0. The van der Waals surface area contributed by atoms with E-state index in [0.717, 1.165) is 5.56 Å². The van der Waals surface area contributed by atoms with Gasteiger partial charge < -0.3 is 21.5 Å². The number of carbonyl (C=O) groups excluding carboxylic acids is 2. The standard InChI is InChI=1S/C18H21N3O3/c19-11-10-17(22)21-12-6-1-2-7-13-24-18(23)14-16(20)15-8-4-3-5-9-15/h3-5,8-9,16H,10-14,19-20H2,(H,21,22). The molecule has 0 aromatic heterocycles. The quantitative estimate of drug-likeness (QED) is 0.486. The summed E-state index contributed by atoms with van der Waals surface area (Å²) < 4.78 is 4.97.